The Morgan fingerprint density at radius 3 is 1.55 bits per heavy atom. The highest BCUT2D eigenvalue weighted by Gasteiger charge is 2.42. The lowest BCUT2D eigenvalue weighted by Crippen LogP contribution is -2.41. The van der Waals surface area contributed by atoms with Crippen LogP contribution in [0.15, 0.2) is 78.4 Å². The van der Waals surface area contributed by atoms with E-state index in [1.54, 1.807) is 72.8 Å². The SMILES string of the molecule is O=C1C(=Cc2cccc(Cl)c2)C(=O)N(c2ccc(Cl)cc2)N1c1ccc(Cl)cc1. The van der Waals surface area contributed by atoms with Crippen molar-refractivity contribution < 1.29 is 9.59 Å². The summed E-state index contributed by atoms with van der Waals surface area (Å²) in [6.45, 7) is 0. The Labute approximate surface area is 182 Å². The van der Waals surface area contributed by atoms with Gasteiger partial charge in [0.25, 0.3) is 11.8 Å². The number of benzene rings is 3. The zero-order chi connectivity index (χ0) is 20.5. The molecule has 0 aromatic heterocycles. The molecule has 144 valence electrons. The van der Waals surface area contributed by atoms with Crippen LogP contribution < -0.4 is 10.0 Å². The number of hydrogen-bond donors (Lipinski definition) is 0. The van der Waals surface area contributed by atoms with E-state index in [1.165, 1.54) is 16.1 Å². The molecule has 0 unspecified atom stereocenters. The van der Waals surface area contributed by atoms with E-state index in [9.17, 15) is 9.59 Å². The minimum Gasteiger partial charge on any atom is -0.267 e. The fraction of sp³-hybridized carbons (Fsp3) is 0. The highest BCUT2D eigenvalue weighted by atomic mass is 35.5. The normalized spacial score (nSPS) is 14.0. The molecule has 29 heavy (non-hydrogen) atoms. The van der Waals surface area contributed by atoms with Crippen LogP contribution in [0, 0.1) is 0 Å². The molecule has 0 atom stereocenters. The predicted molar refractivity (Wildman–Crippen MR) is 117 cm³/mol. The van der Waals surface area contributed by atoms with Gasteiger partial charge in [-0.2, -0.15) is 0 Å². The van der Waals surface area contributed by atoms with Crippen LogP contribution in [-0.2, 0) is 9.59 Å². The Hall–Kier alpha value is -2.79. The van der Waals surface area contributed by atoms with Crippen LogP contribution in [0.5, 0.6) is 0 Å². The van der Waals surface area contributed by atoms with E-state index in [1.807, 2.05) is 0 Å². The molecule has 3 aromatic rings. The molecule has 1 aliphatic heterocycles. The molecule has 2 amide bonds. The molecule has 0 aliphatic carbocycles. The molecule has 7 heteroatoms. The van der Waals surface area contributed by atoms with Crippen molar-refractivity contribution in [3.63, 3.8) is 0 Å². The standard InChI is InChI=1S/C22H13Cl3N2O2/c23-15-4-8-18(9-5-15)26-21(28)20(13-14-2-1-3-17(25)12-14)22(29)27(26)19-10-6-16(24)7-11-19/h1-13H. The number of carbonyl (C=O) groups is 2. The van der Waals surface area contributed by atoms with Gasteiger partial charge < -0.3 is 0 Å². The van der Waals surface area contributed by atoms with E-state index in [4.69, 9.17) is 34.8 Å². The van der Waals surface area contributed by atoms with Crippen molar-refractivity contribution in [1.29, 1.82) is 0 Å². The summed E-state index contributed by atoms with van der Waals surface area (Å²) in [6.07, 6.45) is 1.54. The Morgan fingerprint density at radius 1 is 0.621 bits per heavy atom. The average molecular weight is 444 g/mol. The van der Waals surface area contributed by atoms with Crippen molar-refractivity contribution in [2.45, 2.75) is 0 Å². The van der Waals surface area contributed by atoms with E-state index in [0.717, 1.165) is 0 Å². The lowest BCUT2D eigenvalue weighted by molar-refractivity contribution is -0.116. The van der Waals surface area contributed by atoms with Crippen molar-refractivity contribution in [3.8, 4) is 0 Å². The summed E-state index contributed by atoms with van der Waals surface area (Å²) in [4.78, 5) is 26.5. The lowest BCUT2D eigenvalue weighted by Gasteiger charge is -2.27. The van der Waals surface area contributed by atoms with Crippen LogP contribution in [0.25, 0.3) is 6.08 Å². The van der Waals surface area contributed by atoms with Crippen molar-refractivity contribution in [2.75, 3.05) is 10.0 Å². The molecule has 1 aliphatic rings. The summed E-state index contributed by atoms with van der Waals surface area (Å²) in [5.41, 5.74) is 1.70. The zero-order valence-electron chi connectivity index (χ0n) is 14.9. The third kappa shape index (κ3) is 3.87. The molecule has 4 nitrogen and oxygen atoms in total. The first-order valence-electron chi connectivity index (χ1n) is 8.61. The molecule has 4 rings (SSSR count). The van der Waals surface area contributed by atoms with Gasteiger partial charge in [0.1, 0.15) is 5.57 Å². The summed E-state index contributed by atoms with van der Waals surface area (Å²) in [5, 5.41) is 4.21. The fourth-order valence-electron chi connectivity index (χ4n) is 3.02. The number of amides is 2. The van der Waals surface area contributed by atoms with Gasteiger partial charge in [-0.05, 0) is 72.3 Å². The summed E-state index contributed by atoms with van der Waals surface area (Å²) in [5.74, 6) is -0.903. The van der Waals surface area contributed by atoms with Crippen LogP contribution in [0.2, 0.25) is 15.1 Å². The molecule has 1 fully saturated rings. The van der Waals surface area contributed by atoms with Crippen molar-refractivity contribution in [3.05, 3.63) is 99.0 Å². The number of anilines is 2. The van der Waals surface area contributed by atoms with E-state index in [-0.39, 0.29) is 5.57 Å². The smallest absolute Gasteiger partial charge is 0.267 e. The molecule has 1 saturated heterocycles. The highest BCUT2D eigenvalue weighted by molar-refractivity contribution is 6.38. The molecule has 0 N–H and O–H groups in total. The number of hydrogen-bond acceptors (Lipinski definition) is 2. The second-order valence-electron chi connectivity index (χ2n) is 6.30. The first kappa shape index (κ1) is 19.5. The van der Waals surface area contributed by atoms with E-state index >= 15 is 0 Å². The van der Waals surface area contributed by atoms with Crippen molar-refractivity contribution in [2.24, 2.45) is 0 Å². The second-order valence-corrected chi connectivity index (χ2v) is 7.61. The highest BCUT2D eigenvalue weighted by Crippen LogP contribution is 2.33. The third-order valence-corrected chi connectivity index (χ3v) is 5.09. The lowest BCUT2D eigenvalue weighted by atomic mass is 10.1. The number of nitrogens with zero attached hydrogens (tertiary/aromatic N) is 2. The molecule has 0 bridgehead atoms. The molecule has 0 saturated carbocycles. The zero-order valence-corrected chi connectivity index (χ0v) is 17.1. The van der Waals surface area contributed by atoms with Crippen molar-refractivity contribution >= 4 is 64.1 Å². The van der Waals surface area contributed by atoms with Crippen molar-refractivity contribution in [1.82, 2.24) is 0 Å². The summed E-state index contributed by atoms with van der Waals surface area (Å²) < 4.78 is 0. The number of carbonyl (C=O) groups excluding carboxylic acids is 2. The van der Waals surface area contributed by atoms with E-state index in [0.29, 0.717) is 32.0 Å². The number of halogens is 3. The van der Waals surface area contributed by atoms with Gasteiger partial charge in [0.05, 0.1) is 11.4 Å². The van der Waals surface area contributed by atoms with Gasteiger partial charge in [0.2, 0.25) is 0 Å². The predicted octanol–water partition coefficient (Wildman–Crippen LogP) is 6.03. The molecule has 0 spiro atoms. The van der Waals surface area contributed by atoms with Gasteiger partial charge in [0.15, 0.2) is 0 Å². The van der Waals surface area contributed by atoms with Gasteiger partial charge >= 0.3 is 0 Å². The van der Waals surface area contributed by atoms with Gasteiger partial charge in [-0.25, -0.2) is 10.0 Å². The maximum atomic E-state index is 13.2. The Morgan fingerprint density at radius 2 is 1.10 bits per heavy atom. The summed E-state index contributed by atoms with van der Waals surface area (Å²) >= 11 is 18.0. The van der Waals surface area contributed by atoms with Gasteiger partial charge in [-0.1, -0.05) is 46.9 Å². The second kappa shape index (κ2) is 7.91. The maximum absolute atomic E-state index is 13.2. The van der Waals surface area contributed by atoms with Gasteiger partial charge in [-0.15, -0.1) is 0 Å². The van der Waals surface area contributed by atoms with Gasteiger partial charge in [0, 0.05) is 15.1 Å². The van der Waals surface area contributed by atoms with Crippen LogP contribution in [0.1, 0.15) is 5.56 Å². The molecule has 1 heterocycles. The van der Waals surface area contributed by atoms with Crippen LogP contribution in [-0.4, -0.2) is 11.8 Å². The van der Waals surface area contributed by atoms with E-state index < -0.39 is 11.8 Å². The van der Waals surface area contributed by atoms with Crippen LogP contribution in [0.3, 0.4) is 0 Å². The molecular formula is C22H13Cl3N2O2. The van der Waals surface area contributed by atoms with E-state index in [2.05, 4.69) is 0 Å². The quantitative estimate of drug-likeness (QED) is 0.366. The van der Waals surface area contributed by atoms with Crippen LogP contribution >= 0.6 is 34.8 Å². The first-order chi connectivity index (χ1) is 13.9. The fourth-order valence-corrected chi connectivity index (χ4v) is 3.47. The monoisotopic (exact) mass is 442 g/mol. The topological polar surface area (TPSA) is 40.6 Å². The Balaban J connectivity index is 1.84. The van der Waals surface area contributed by atoms with Crippen LogP contribution in [0.4, 0.5) is 11.4 Å². The first-order valence-corrected chi connectivity index (χ1v) is 9.74. The average Bonchev–Trinajstić information content (AvgIpc) is 2.94. The Bertz CT molecular complexity index is 1060. The summed E-state index contributed by atoms with van der Waals surface area (Å²) in [6, 6.07) is 20.3. The number of rotatable bonds is 3. The minimum atomic E-state index is -0.452. The molecule has 0 radical (unpaired) electrons. The largest absolute Gasteiger partial charge is 0.283 e. The maximum Gasteiger partial charge on any atom is 0.283 e. The minimum absolute atomic E-state index is 0.0252. The number of hydrazine groups is 1. The van der Waals surface area contributed by atoms with Gasteiger partial charge in [-0.3, -0.25) is 9.59 Å². The molecular weight excluding hydrogens is 431 g/mol. The Kier molecular flexibility index (Phi) is 5.33. The third-order valence-electron chi connectivity index (χ3n) is 4.35. The summed E-state index contributed by atoms with van der Waals surface area (Å²) in [7, 11) is 0. The molecule has 3 aromatic carbocycles.